The molecule has 1 aromatic heterocycles. The van der Waals surface area contributed by atoms with Gasteiger partial charge < -0.3 is 19.3 Å². The first kappa shape index (κ1) is 30.8. The molecule has 1 saturated heterocycles. The second kappa shape index (κ2) is 13.8. The Hall–Kier alpha value is -3.66. The van der Waals surface area contributed by atoms with Crippen molar-refractivity contribution < 1.29 is 18.7 Å². The van der Waals surface area contributed by atoms with E-state index in [-0.39, 0.29) is 42.1 Å². The van der Waals surface area contributed by atoms with Crippen molar-refractivity contribution in [1.82, 2.24) is 15.0 Å². The number of carbonyl (C=O) groups is 1. The van der Waals surface area contributed by atoms with Crippen molar-refractivity contribution in [2.75, 3.05) is 11.9 Å². The number of hydrogen-bond acceptors (Lipinski definition) is 5. The van der Waals surface area contributed by atoms with Gasteiger partial charge in [-0.3, -0.25) is 9.48 Å². The Bertz CT molecular complexity index is 1480. The second-order valence-electron chi connectivity index (χ2n) is 12.1. The highest BCUT2D eigenvalue weighted by atomic mass is 28.4. The van der Waals surface area contributed by atoms with Crippen LogP contribution in [0.2, 0.25) is 18.6 Å². The van der Waals surface area contributed by atoms with Crippen LogP contribution in [0.1, 0.15) is 52.9 Å². The number of nitrogens with one attached hydrogen (secondary N) is 1. The average molecular weight is 601 g/mol. The van der Waals surface area contributed by atoms with Crippen LogP contribution in [0.3, 0.4) is 0 Å². The minimum atomic E-state index is -3.01. The third-order valence-electron chi connectivity index (χ3n) is 8.57. The highest BCUT2D eigenvalue weighted by molar-refractivity contribution is 6.72. The number of amides is 1. The molecule has 0 saturated carbocycles. The molecule has 0 radical (unpaired) electrons. The van der Waals surface area contributed by atoms with Crippen molar-refractivity contribution in [3.8, 4) is 0 Å². The van der Waals surface area contributed by atoms with Gasteiger partial charge in [0.05, 0.1) is 30.4 Å². The molecule has 4 aromatic rings. The number of rotatable bonds is 12. The molecule has 1 amide bonds. The van der Waals surface area contributed by atoms with E-state index < -0.39 is 8.41 Å². The number of aliphatic hydroxyl groups is 1. The van der Waals surface area contributed by atoms with Crippen molar-refractivity contribution in [3.63, 3.8) is 0 Å². The Labute approximate surface area is 254 Å². The van der Waals surface area contributed by atoms with E-state index in [1.807, 2.05) is 72.9 Å². The van der Waals surface area contributed by atoms with Gasteiger partial charge >= 0.3 is 0 Å². The SMILES string of the molecule is C[C@H]1[C@H]([Si](C)(C)F)[C@@H](CCn2cc(C(CO)c3ccccc3)nn2)O[C@H]1CCc1cccc(NC(=O)c2ccccc2)c1. The summed E-state index contributed by atoms with van der Waals surface area (Å²) in [7, 11) is -3.01. The molecular weight excluding hydrogens is 559 g/mol. The quantitative estimate of drug-likeness (QED) is 0.141. The molecule has 1 aliphatic rings. The van der Waals surface area contributed by atoms with Crippen LogP contribution in [0.5, 0.6) is 0 Å². The summed E-state index contributed by atoms with van der Waals surface area (Å²) in [5.74, 6) is -0.282. The Morgan fingerprint density at radius 3 is 2.44 bits per heavy atom. The highest BCUT2D eigenvalue weighted by Gasteiger charge is 2.50. The van der Waals surface area contributed by atoms with Crippen LogP contribution < -0.4 is 5.32 Å². The van der Waals surface area contributed by atoms with Gasteiger partial charge in [-0.15, -0.1) is 5.10 Å². The Kier molecular flexibility index (Phi) is 9.85. The lowest BCUT2D eigenvalue weighted by atomic mass is 9.95. The molecule has 226 valence electrons. The summed E-state index contributed by atoms with van der Waals surface area (Å²) in [5.41, 5.74) is 4.05. The van der Waals surface area contributed by atoms with Gasteiger partial charge in [-0.2, -0.15) is 0 Å². The zero-order valence-corrected chi connectivity index (χ0v) is 26.1. The number of nitrogens with zero attached hydrogens (tertiary/aromatic N) is 3. The standard InChI is InChI=1S/C34H41FN4O3Si/c1-24-31(18-17-25-11-10-16-28(21-25)36-34(41)27-14-8-5-9-15-27)42-32(33(24)43(2,3)35)19-20-39-22-30(37-38-39)29(23-40)26-12-6-4-7-13-26/h4-16,21-22,24,29,31-33,40H,17-20,23H2,1-3H3,(H,36,41)/t24-,29?,31+,32-,33+/m1/s1. The Morgan fingerprint density at radius 2 is 1.74 bits per heavy atom. The smallest absolute Gasteiger partial charge is 0.255 e. The number of aromatic nitrogens is 3. The van der Waals surface area contributed by atoms with E-state index >= 15 is 4.11 Å². The average Bonchev–Trinajstić information content (AvgIpc) is 3.60. The third kappa shape index (κ3) is 7.65. The van der Waals surface area contributed by atoms with E-state index in [0.29, 0.717) is 24.2 Å². The molecule has 9 heteroatoms. The summed E-state index contributed by atoms with van der Waals surface area (Å²) >= 11 is 0. The first-order valence-electron chi connectivity index (χ1n) is 15.1. The summed E-state index contributed by atoms with van der Waals surface area (Å²) in [5, 5.41) is 21.6. The summed E-state index contributed by atoms with van der Waals surface area (Å²) in [6.07, 6.45) is 3.82. The summed E-state index contributed by atoms with van der Waals surface area (Å²) < 4.78 is 24.0. The van der Waals surface area contributed by atoms with Gasteiger partial charge in [0, 0.05) is 29.5 Å². The summed E-state index contributed by atoms with van der Waals surface area (Å²) in [4.78, 5) is 12.6. The van der Waals surface area contributed by atoms with Gasteiger partial charge in [-0.1, -0.05) is 72.8 Å². The van der Waals surface area contributed by atoms with Crippen molar-refractivity contribution in [2.24, 2.45) is 5.92 Å². The predicted molar refractivity (Wildman–Crippen MR) is 169 cm³/mol. The Balaban J connectivity index is 1.20. The number of anilines is 1. The number of ether oxygens (including phenoxy) is 1. The van der Waals surface area contributed by atoms with Crippen molar-refractivity contribution in [3.05, 3.63) is 114 Å². The van der Waals surface area contributed by atoms with Crippen molar-refractivity contribution in [1.29, 1.82) is 0 Å². The maximum Gasteiger partial charge on any atom is 0.255 e. The number of halogens is 1. The second-order valence-corrected chi connectivity index (χ2v) is 15.9. The molecule has 0 spiro atoms. The minimum Gasteiger partial charge on any atom is -0.395 e. The summed E-state index contributed by atoms with van der Waals surface area (Å²) in [6.45, 7) is 6.20. The van der Waals surface area contributed by atoms with Gasteiger partial charge in [-0.25, -0.2) is 0 Å². The fraction of sp³-hybridized carbons (Fsp3) is 0.382. The lowest BCUT2D eigenvalue weighted by Gasteiger charge is -2.28. The van der Waals surface area contributed by atoms with Gasteiger partial charge in [0.2, 0.25) is 8.41 Å². The van der Waals surface area contributed by atoms with Crippen LogP contribution in [0.4, 0.5) is 9.80 Å². The van der Waals surface area contributed by atoms with E-state index in [1.54, 1.807) is 29.9 Å². The molecule has 2 N–H and O–H groups in total. The van der Waals surface area contributed by atoms with Crippen LogP contribution in [-0.4, -0.2) is 53.2 Å². The van der Waals surface area contributed by atoms with E-state index in [9.17, 15) is 9.90 Å². The van der Waals surface area contributed by atoms with Crippen molar-refractivity contribution >= 4 is 20.0 Å². The molecule has 5 rings (SSSR count). The van der Waals surface area contributed by atoms with Crippen LogP contribution in [0.25, 0.3) is 0 Å². The molecular formula is C34H41FN4O3Si. The fourth-order valence-electron chi connectivity index (χ4n) is 6.45. The Morgan fingerprint density at radius 1 is 1.02 bits per heavy atom. The van der Waals surface area contributed by atoms with Crippen LogP contribution in [-0.2, 0) is 17.7 Å². The number of benzene rings is 3. The van der Waals surface area contributed by atoms with Gasteiger partial charge in [0.1, 0.15) is 0 Å². The lowest BCUT2D eigenvalue weighted by molar-refractivity contribution is 0.0247. The zero-order valence-electron chi connectivity index (χ0n) is 25.1. The maximum atomic E-state index is 15.7. The van der Waals surface area contributed by atoms with Crippen molar-refractivity contribution in [2.45, 2.75) is 69.5 Å². The zero-order chi connectivity index (χ0) is 30.4. The minimum absolute atomic E-state index is 0.0525. The molecule has 7 nitrogen and oxygen atoms in total. The largest absolute Gasteiger partial charge is 0.395 e. The molecule has 1 unspecified atom stereocenters. The maximum absolute atomic E-state index is 15.7. The monoisotopic (exact) mass is 600 g/mol. The normalized spacial score (nSPS) is 21.0. The highest BCUT2D eigenvalue weighted by Crippen LogP contribution is 2.47. The van der Waals surface area contributed by atoms with Gasteiger partial charge in [-0.05, 0) is 73.7 Å². The van der Waals surface area contributed by atoms with Gasteiger partial charge in [0.25, 0.3) is 5.91 Å². The van der Waals surface area contributed by atoms with Gasteiger partial charge in [0.15, 0.2) is 0 Å². The number of carbonyl (C=O) groups excluding carboxylic acids is 1. The number of hydrogen-bond donors (Lipinski definition) is 2. The molecule has 1 fully saturated rings. The number of aliphatic hydroxyl groups excluding tert-OH is 1. The van der Waals surface area contributed by atoms with E-state index in [1.165, 1.54) is 0 Å². The molecule has 0 bridgehead atoms. The molecule has 43 heavy (non-hydrogen) atoms. The van der Waals surface area contributed by atoms with E-state index in [4.69, 9.17) is 4.74 Å². The van der Waals surface area contributed by atoms with E-state index in [0.717, 1.165) is 29.7 Å². The molecule has 5 atom stereocenters. The first-order valence-corrected chi connectivity index (χ1v) is 18.0. The van der Waals surface area contributed by atoms with E-state index in [2.05, 4.69) is 28.6 Å². The van der Waals surface area contributed by atoms with Crippen LogP contribution >= 0.6 is 0 Å². The predicted octanol–water partition coefficient (Wildman–Crippen LogP) is 6.63. The number of aryl methyl sites for hydroxylation is 2. The van der Waals surface area contributed by atoms with Crippen LogP contribution in [0, 0.1) is 5.92 Å². The topological polar surface area (TPSA) is 89.3 Å². The fourth-order valence-corrected chi connectivity index (χ4v) is 9.05. The molecule has 3 aromatic carbocycles. The molecule has 2 heterocycles. The first-order chi connectivity index (χ1) is 20.7. The lowest BCUT2D eigenvalue weighted by Crippen LogP contribution is -2.36. The molecule has 0 aliphatic carbocycles. The molecule has 1 aliphatic heterocycles. The van der Waals surface area contributed by atoms with Crippen LogP contribution in [0.15, 0.2) is 91.1 Å². The third-order valence-corrected chi connectivity index (χ3v) is 11.1. The summed E-state index contributed by atoms with van der Waals surface area (Å²) in [6, 6.07) is 26.8.